The van der Waals surface area contributed by atoms with E-state index in [1.807, 2.05) is 6.92 Å². The zero-order valence-corrected chi connectivity index (χ0v) is 17.5. The van der Waals surface area contributed by atoms with Crippen molar-refractivity contribution >= 4 is 34.0 Å². The molecule has 5 rings (SSSR count). The highest BCUT2D eigenvalue weighted by atomic mass is 19.1. The molecule has 0 aliphatic carbocycles. The van der Waals surface area contributed by atoms with Gasteiger partial charge in [-0.3, -0.25) is 5.32 Å². The number of halogens is 1. The largest absolute Gasteiger partial charge is 0.474 e. The number of ether oxygens (including phenoxy) is 2. The van der Waals surface area contributed by atoms with E-state index in [0.29, 0.717) is 60.0 Å². The van der Waals surface area contributed by atoms with Gasteiger partial charge in [-0.2, -0.15) is 0 Å². The molecule has 2 aromatic heterocycles. The zero-order valence-electron chi connectivity index (χ0n) is 17.5. The fraction of sp³-hybridized carbons (Fsp3) is 0.318. The van der Waals surface area contributed by atoms with Crippen LogP contribution in [0.4, 0.5) is 26.4 Å². The third-order valence-electron chi connectivity index (χ3n) is 5.74. The number of benzene rings is 1. The molecule has 9 nitrogen and oxygen atoms in total. The third-order valence-corrected chi connectivity index (χ3v) is 5.74. The number of hydrogen-bond donors (Lipinski definition) is 4. The van der Waals surface area contributed by atoms with Crippen molar-refractivity contribution in [2.24, 2.45) is 0 Å². The number of carbonyl (C=O) groups excluding carboxylic acids is 1. The number of nitrogens with zero attached hydrogens (tertiary/aromatic N) is 2. The van der Waals surface area contributed by atoms with Crippen molar-refractivity contribution in [3.63, 3.8) is 0 Å². The maximum Gasteiger partial charge on any atom is 0.320 e. The fourth-order valence-electron chi connectivity index (χ4n) is 4.04. The van der Waals surface area contributed by atoms with Crippen molar-refractivity contribution in [1.82, 2.24) is 15.3 Å². The lowest BCUT2D eigenvalue weighted by atomic mass is 9.97. The fourth-order valence-corrected chi connectivity index (χ4v) is 4.04. The zero-order chi connectivity index (χ0) is 22.2. The lowest BCUT2D eigenvalue weighted by Gasteiger charge is -2.22. The van der Waals surface area contributed by atoms with Gasteiger partial charge in [-0.15, -0.1) is 0 Å². The molecule has 32 heavy (non-hydrogen) atoms. The Hall–Kier alpha value is -3.66. The summed E-state index contributed by atoms with van der Waals surface area (Å²) in [6, 6.07) is 2.96. The number of nitrogens with one attached hydrogen (secondary N) is 3. The smallest absolute Gasteiger partial charge is 0.320 e. The SMILES string of the molecule is Cc1c(-c2cc3cc(NC(=O)NC4CCOC4)ncc3c(N)c2F)cnc2c1NCCO2. The Morgan fingerprint density at radius 1 is 1.25 bits per heavy atom. The van der Waals surface area contributed by atoms with Gasteiger partial charge in [0.25, 0.3) is 0 Å². The Labute approximate surface area is 183 Å². The molecule has 1 saturated heterocycles. The predicted octanol–water partition coefficient (Wildman–Crippen LogP) is 3.04. The van der Waals surface area contributed by atoms with E-state index in [-0.39, 0.29) is 17.8 Å². The van der Waals surface area contributed by atoms with Gasteiger partial charge in [0.1, 0.15) is 18.1 Å². The molecule has 1 aromatic carbocycles. The highest BCUT2D eigenvalue weighted by Gasteiger charge is 2.22. The number of carbonyl (C=O) groups is 1. The van der Waals surface area contributed by atoms with Gasteiger partial charge < -0.3 is 25.8 Å². The topological polar surface area (TPSA) is 123 Å². The van der Waals surface area contributed by atoms with E-state index in [4.69, 9.17) is 15.2 Å². The summed E-state index contributed by atoms with van der Waals surface area (Å²) in [4.78, 5) is 20.8. The second-order valence-electron chi connectivity index (χ2n) is 7.85. The second-order valence-corrected chi connectivity index (χ2v) is 7.85. The van der Waals surface area contributed by atoms with Crippen LogP contribution in [0.5, 0.6) is 5.88 Å². The number of nitrogen functional groups attached to an aromatic ring is 1. The molecule has 1 unspecified atom stereocenters. The van der Waals surface area contributed by atoms with E-state index in [0.717, 1.165) is 17.7 Å². The number of fused-ring (bicyclic) bond motifs is 2. The maximum absolute atomic E-state index is 15.2. The summed E-state index contributed by atoms with van der Waals surface area (Å²) in [6.45, 7) is 4.18. The van der Waals surface area contributed by atoms with Crippen LogP contribution in [-0.2, 0) is 4.74 Å². The van der Waals surface area contributed by atoms with Gasteiger partial charge in [0.15, 0.2) is 5.82 Å². The van der Waals surface area contributed by atoms with Crippen molar-refractivity contribution in [3.05, 3.63) is 35.9 Å². The molecule has 3 aromatic rings. The van der Waals surface area contributed by atoms with Crippen LogP contribution in [0.2, 0.25) is 0 Å². The summed E-state index contributed by atoms with van der Waals surface area (Å²) in [5.41, 5.74) is 8.60. The molecule has 2 aliphatic rings. The van der Waals surface area contributed by atoms with Crippen LogP contribution < -0.4 is 26.4 Å². The highest BCUT2D eigenvalue weighted by Crippen LogP contribution is 2.39. The minimum absolute atomic E-state index is 0.00886. The Kier molecular flexibility index (Phi) is 5.14. The number of rotatable bonds is 3. The third kappa shape index (κ3) is 3.62. The van der Waals surface area contributed by atoms with E-state index >= 15 is 4.39 Å². The minimum Gasteiger partial charge on any atom is -0.474 e. The molecular weight excluding hydrogens is 415 g/mol. The van der Waals surface area contributed by atoms with Crippen molar-refractivity contribution in [1.29, 1.82) is 0 Å². The van der Waals surface area contributed by atoms with Gasteiger partial charge in [-0.25, -0.2) is 19.2 Å². The first-order valence-electron chi connectivity index (χ1n) is 10.4. The van der Waals surface area contributed by atoms with Crippen LogP contribution in [0.15, 0.2) is 24.5 Å². The van der Waals surface area contributed by atoms with Gasteiger partial charge in [0.05, 0.1) is 18.3 Å². The molecule has 166 valence electrons. The van der Waals surface area contributed by atoms with Gasteiger partial charge in [0, 0.05) is 42.1 Å². The van der Waals surface area contributed by atoms with Crippen molar-refractivity contribution in [3.8, 4) is 17.0 Å². The van der Waals surface area contributed by atoms with Crippen molar-refractivity contribution < 1.29 is 18.7 Å². The van der Waals surface area contributed by atoms with E-state index in [1.165, 1.54) is 6.20 Å². The molecule has 5 N–H and O–H groups in total. The molecule has 2 amide bonds. The maximum atomic E-state index is 15.2. The quantitative estimate of drug-likeness (QED) is 0.464. The van der Waals surface area contributed by atoms with E-state index in [1.54, 1.807) is 18.3 Å². The monoisotopic (exact) mass is 438 g/mol. The Morgan fingerprint density at radius 2 is 2.12 bits per heavy atom. The number of amides is 2. The van der Waals surface area contributed by atoms with Crippen LogP contribution in [0, 0.1) is 12.7 Å². The number of hydrogen-bond acceptors (Lipinski definition) is 7. The predicted molar refractivity (Wildman–Crippen MR) is 119 cm³/mol. The summed E-state index contributed by atoms with van der Waals surface area (Å²) in [7, 11) is 0. The van der Waals surface area contributed by atoms with Crippen LogP contribution >= 0.6 is 0 Å². The average Bonchev–Trinajstić information content (AvgIpc) is 3.30. The Bertz CT molecular complexity index is 1210. The van der Waals surface area contributed by atoms with Crippen molar-refractivity contribution in [2.45, 2.75) is 19.4 Å². The lowest BCUT2D eigenvalue weighted by Crippen LogP contribution is -2.38. The lowest BCUT2D eigenvalue weighted by molar-refractivity contribution is 0.189. The molecule has 0 saturated carbocycles. The first-order valence-corrected chi connectivity index (χ1v) is 10.4. The first-order chi connectivity index (χ1) is 15.5. The molecule has 1 atom stereocenters. The summed E-state index contributed by atoms with van der Waals surface area (Å²) in [5, 5.41) is 9.93. The molecule has 0 radical (unpaired) electrons. The van der Waals surface area contributed by atoms with Gasteiger partial charge in [-0.05, 0) is 36.4 Å². The van der Waals surface area contributed by atoms with E-state index in [9.17, 15) is 4.79 Å². The number of urea groups is 1. The Balaban J connectivity index is 1.50. The summed E-state index contributed by atoms with van der Waals surface area (Å²) in [5.74, 6) is 0.294. The van der Waals surface area contributed by atoms with E-state index in [2.05, 4.69) is 25.9 Å². The second kappa shape index (κ2) is 8.12. The number of aromatic nitrogens is 2. The molecule has 0 spiro atoms. The molecule has 4 heterocycles. The van der Waals surface area contributed by atoms with Crippen LogP contribution in [0.1, 0.15) is 12.0 Å². The average molecular weight is 438 g/mol. The van der Waals surface area contributed by atoms with Crippen LogP contribution in [0.3, 0.4) is 0 Å². The van der Waals surface area contributed by atoms with E-state index < -0.39 is 5.82 Å². The number of anilines is 3. The first kappa shape index (κ1) is 20.3. The summed E-state index contributed by atoms with van der Waals surface area (Å²) in [6.07, 6.45) is 3.81. The molecule has 2 aliphatic heterocycles. The van der Waals surface area contributed by atoms with Gasteiger partial charge in [0.2, 0.25) is 5.88 Å². The van der Waals surface area contributed by atoms with Crippen LogP contribution in [-0.4, -0.2) is 48.4 Å². The van der Waals surface area contributed by atoms with Gasteiger partial charge in [-0.1, -0.05) is 0 Å². The number of pyridine rings is 2. The molecular formula is C22H23FN6O3. The minimum atomic E-state index is -0.541. The summed E-state index contributed by atoms with van der Waals surface area (Å²) < 4.78 is 26.1. The number of nitrogens with two attached hydrogens (primary N) is 1. The van der Waals surface area contributed by atoms with Crippen molar-refractivity contribution in [2.75, 3.05) is 42.7 Å². The van der Waals surface area contributed by atoms with Crippen LogP contribution in [0.25, 0.3) is 21.9 Å². The molecule has 0 bridgehead atoms. The highest BCUT2D eigenvalue weighted by molar-refractivity contribution is 6.00. The van der Waals surface area contributed by atoms with Gasteiger partial charge >= 0.3 is 6.03 Å². The molecule has 10 heteroatoms. The normalized spacial score (nSPS) is 17.4. The Morgan fingerprint density at radius 3 is 2.94 bits per heavy atom. The standard InChI is InChI=1S/C22H23FN6O3/c1-11-15(8-27-21-20(11)25-3-5-32-21)14-6-12-7-17(26-9-16(12)19(24)18(14)23)29-22(30)28-13-2-4-31-10-13/h6-9,13,25H,2-5,10,24H2,1H3,(H2,26,28,29,30). The summed E-state index contributed by atoms with van der Waals surface area (Å²) >= 11 is 0. The molecule has 1 fully saturated rings.